The maximum absolute atomic E-state index is 14.3. The third-order valence-electron chi connectivity index (χ3n) is 7.90. The number of anilines is 1. The van der Waals surface area contributed by atoms with E-state index in [-0.39, 0.29) is 53.9 Å². The zero-order chi connectivity index (χ0) is 32.6. The molecule has 3 N–H and O–H groups in total. The van der Waals surface area contributed by atoms with Crippen molar-refractivity contribution in [3.05, 3.63) is 83.4 Å². The number of rotatable bonds is 7. The molecule has 4 aromatic rings. The number of nitrogens with zero attached hydrogens (tertiary/aromatic N) is 3. The Morgan fingerprint density at radius 1 is 1.11 bits per heavy atom. The number of fused-ring (bicyclic) bond motifs is 1. The van der Waals surface area contributed by atoms with Crippen molar-refractivity contribution in [3.8, 4) is 11.3 Å². The van der Waals surface area contributed by atoms with Gasteiger partial charge in [0, 0.05) is 60.9 Å². The standard InChI is InChI=1S/C32H30F5N5O2S/c1-3-30(2,41-27(43)9-5-19-4-8-26(38)40-17-19)25-16-22-14-21(15-23(28(22)44-25)32(35,36)37)24-7-6-20(18-39-24)29(45)42-12-10-31(33,34)11-13-42/h4-9,14-18H,3,10-13H2,1-2H3,(H2,38,40)(H,41,43). The summed E-state index contributed by atoms with van der Waals surface area (Å²) in [5.74, 6) is -2.71. The van der Waals surface area contributed by atoms with Gasteiger partial charge in [0.15, 0.2) is 0 Å². The van der Waals surface area contributed by atoms with Gasteiger partial charge < -0.3 is 20.4 Å². The van der Waals surface area contributed by atoms with Gasteiger partial charge >= 0.3 is 6.18 Å². The molecule has 1 unspecified atom stereocenters. The van der Waals surface area contributed by atoms with Gasteiger partial charge in [-0.3, -0.25) is 9.78 Å². The Morgan fingerprint density at radius 2 is 1.84 bits per heavy atom. The van der Waals surface area contributed by atoms with E-state index in [1.807, 2.05) is 0 Å². The van der Waals surface area contributed by atoms with Crippen molar-refractivity contribution in [2.75, 3.05) is 18.8 Å². The first kappa shape index (κ1) is 32.0. The minimum Gasteiger partial charge on any atom is -0.458 e. The van der Waals surface area contributed by atoms with E-state index in [1.54, 1.807) is 49.1 Å². The number of nitrogen functional groups attached to an aromatic ring is 1. The maximum Gasteiger partial charge on any atom is 0.420 e. The van der Waals surface area contributed by atoms with Crippen LogP contribution in [-0.2, 0) is 16.5 Å². The SMILES string of the molecule is CCC(C)(NC(=O)C=Cc1ccc(N)nc1)c1cc2cc(-c3ccc(C(=S)N4CCC(F)(F)CC4)cn3)cc(C(F)(F)F)c2o1. The van der Waals surface area contributed by atoms with Gasteiger partial charge in [0.2, 0.25) is 5.91 Å². The van der Waals surface area contributed by atoms with Gasteiger partial charge in [-0.05, 0) is 67.4 Å². The molecule has 0 bridgehead atoms. The summed E-state index contributed by atoms with van der Waals surface area (Å²) in [7, 11) is 0. The maximum atomic E-state index is 14.3. The highest BCUT2D eigenvalue weighted by Gasteiger charge is 2.38. The number of likely N-dealkylation sites (tertiary alicyclic amines) is 1. The number of aromatic nitrogens is 2. The van der Waals surface area contributed by atoms with E-state index >= 15 is 0 Å². The van der Waals surface area contributed by atoms with E-state index in [0.29, 0.717) is 28.4 Å². The fraction of sp³-hybridized carbons (Fsp3) is 0.312. The van der Waals surface area contributed by atoms with E-state index in [0.717, 1.165) is 6.07 Å². The molecule has 1 saturated heterocycles. The predicted octanol–water partition coefficient (Wildman–Crippen LogP) is 7.35. The second-order valence-corrected chi connectivity index (χ2v) is 11.5. The van der Waals surface area contributed by atoms with Gasteiger partial charge in [0.1, 0.15) is 22.1 Å². The number of piperidine rings is 1. The summed E-state index contributed by atoms with van der Waals surface area (Å²) in [6, 6.07) is 10.4. The van der Waals surface area contributed by atoms with Gasteiger partial charge in [-0.2, -0.15) is 13.2 Å². The number of thiocarbonyl (C=S) groups is 1. The van der Waals surface area contributed by atoms with Crippen molar-refractivity contribution >= 4 is 46.0 Å². The lowest BCUT2D eigenvalue weighted by atomic mass is 9.94. The summed E-state index contributed by atoms with van der Waals surface area (Å²) in [5, 5.41) is 3.02. The molecule has 1 aromatic carbocycles. The minimum atomic E-state index is -4.75. The summed E-state index contributed by atoms with van der Waals surface area (Å²) in [6.07, 6.45) is 0.743. The molecule has 1 atom stereocenters. The molecule has 1 aliphatic rings. The second-order valence-electron chi connectivity index (χ2n) is 11.2. The van der Waals surface area contributed by atoms with Gasteiger partial charge in [-0.15, -0.1) is 0 Å². The van der Waals surface area contributed by atoms with Crippen LogP contribution < -0.4 is 11.1 Å². The van der Waals surface area contributed by atoms with E-state index in [1.165, 1.54) is 30.6 Å². The first-order valence-corrected chi connectivity index (χ1v) is 14.6. The third kappa shape index (κ3) is 7.14. The molecular weight excluding hydrogens is 613 g/mol. The number of carbonyl (C=O) groups excluding carboxylic acids is 1. The van der Waals surface area contributed by atoms with E-state index < -0.39 is 29.1 Å². The van der Waals surface area contributed by atoms with Crippen LogP contribution in [0.5, 0.6) is 0 Å². The lowest BCUT2D eigenvalue weighted by Gasteiger charge is -2.33. The molecule has 45 heavy (non-hydrogen) atoms. The predicted molar refractivity (Wildman–Crippen MR) is 165 cm³/mol. The zero-order valence-corrected chi connectivity index (χ0v) is 25.2. The van der Waals surface area contributed by atoms with E-state index in [2.05, 4.69) is 15.3 Å². The van der Waals surface area contributed by atoms with Crippen LogP contribution in [0.25, 0.3) is 28.3 Å². The molecule has 236 valence electrons. The van der Waals surface area contributed by atoms with Crippen LogP contribution in [0.4, 0.5) is 27.8 Å². The average molecular weight is 644 g/mol. The van der Waals surface area contributed by atoms with Crippen molar-refractivity contribution in [1.82, 2.24) is 20.2 Å². The number of alkyl halides is 5. The smallest absolute Gasteiger partial charge is 0.420 e. The van der Waals surface area contributed by atoms with E-state index in [4.69, 9.17) is 22.4 Å². The summed E-state index contributed by atoms with van der Waals surface area (Å²) in [6.45, 7) is 3.66. The molecular formula is C32H30F5N5O2S. The number of pyridine rings is 2. The lowest BCUT2D eigenvalue weighted by molar-refractivity contribution is -0.137. The number of hydrogen-bond acceptors (Lipinski definition) is 6. The molecule has 1 aliphatic heterocycles. The number of nitrogens with two attached hydrogens (primary N) is 1. The fourth-order valence-electron chi connectivity index (χ4n) is 5.02. The first-order chi connectivity index (χ1) is 21.2. The Morgan fingerprint density at radius 3 is 2.44 bits per heavy atom. The van der Waals surface area contributed by atoms with E-state index in [9.17, 15) is 26.7 Å². The molecule has 1 amide bonds. The largest absolute Gasteiger partial charge is 0.458 e. The highest BCUT2D eigenvalue weighted by molar-refractivity contribution is 7.80. The quantitative estimate of drug-likeness (QED) is 0.123. The highest BCUT2D eigenvalue weighted by atomic mass is 32.1. The van der Waals surface area contributed by atoms with Crippen LogP contribution in [0.2, 0.25) is 0 Å². The van der Waals surface area contributed by atoms with Gasteiger partial charge in [-0.1, -0.05) is 19.1 Å². The average Bonchev–Trinajstić information content (AvgIpc) is 3.44. The number of halogens is 5. The molecule has 4 heterocycles. The number of nitrogens with one attached hydrogen (secondary N) is 1. The van der Waals surface area contributed by atoms with Crippen molar-refractivity contribution in [2.45, 2.75) is 50.7 Å². The van der Waals surface area contributed by atoms with Crippen LogP contribution >= 0.6 is 12.2 Å². The Balaban J connectivity index is 1.42. The van der Waals surface area contributed by atoms with Crippen LogP contribution in [0.3, 0.4) is 0 Å². The molecule has 1 fully saturated rings. The monoisotopic (exact) mass is 643 g/mol. The van der Waals surface area contributed by atoms with Crippen LogP contribution in [0.15, 0.2) is 65.4 Å². The number of furan rings is 1. The highest BCUT2D eigenvalue weighted by Crippen LogP contribution is 2.41. The number of hydrogen-bond donors (Lipinski definition) is 2. The molecule has 0 saturated carbocycles. The fourth-order valence-corrected chi connectivity index (χ4v) is 5.32. The number of amides is 1. The number of benzene rings is 1. The third-order valence-corrected chi connectivity index (χ3v) is 8.39. The topological polar surface area (TPSA) is 97.3 Å². The summed E-state index contributed by atoms with van der Waals surface area (Å²) in [5.41, 5.74) is 4.71. The van der Waals surface area contributed by atoms with Crippen LogP contribution in [0.1, 0.15) is 55.6 Å². The normalized spacial score (nSPS) is 16.6. The summed E-state index contributed by atoms with van der Waals surface area (Å²) >= 11 is 5.47. The second kappa shape index (κ2) is 12.2. The molecule has 0 radical (unpaired) electrons. The van der Waals surface area contributed by atoms with Crippen molar-refractivity contribution in [1.29, 1.82) is 0 Å². The van der Waals surface area contributed by atoms with Crippen LogP contribution in [0, 0.1) is 0 Å². The Bertz CT molecular complexity index is 1740. The van der Waals surface area contributed by atoms with Crippen molar-refractivity contribution in [2.24, 2.45) is 0 Å². The lowest BCUT2D eigenvalue weighted by Crippen LogP contribution is -2.42. The molecule has 0 aliphatic carbocycles. The summed E-state index contributed by atoms with van der Waals surface area (Å²) in [4.78, 5) is 23.1. The van der Waals surface area contributed by atoms with Gasteiger partial charge in [-0.25, -0.2) is 13.8 Å². The minimum absolute atomic E-state index is 0.107. The zero-order valence-electron chi connectivity index (χ0n) is 24.4. The Hall–Kier alpha value is -4.39. The van der Waals surface area contributed by atoms with Crippen molar-refractivity contribution < 1.29 is 31.2 Å². The van der Waals surface area contributed by atoms with Gasteiger partial charge in [0.25, 0.3) is 5.92 Å². The first-order valence-electron chi connectivity index (χ1n) is 14.2. The van der Waals surface area contributed by atoms with Crippen LogP contribution in [-0.4, -0.2) is 44.8 Å². The van der Waals surface area contributed by atoms with Crippen molar-refractivity contribution in [3.63, 3.8) is 0 Å². The molecule has 7 nitrogen and oxygen atoms in total. The van der Waals surface area contributed by atoms with Gasteiger partial charge in [0.05, 0.1) is 16.8 Å². The molecule has 13 heteroatoms. The number of carbonyl (C=O) groups is 1. The molecule has 3 aromatic heterocycles. The Kier molecular flexibility index (Phi) is 8.67. The molecule has 0 spiro atoms. The molecule has 5 rings (SSSR count). The Labute approximate surface area is 261 Å². The summed E-state index contributed by atoms with van der Waals surface area (Å²) < 4.78 is 75.8.